The molecule has 2 aromatic carbocycles. The van der Waals surface area contributed by atoms with Crippen molar-refractivity contribution in [3.05, 3.63) is 33.2 Å². The van der Waals surface area contributed by atoms with E-state index in [2.05, 4.69) is 31.9 Å². The molecule has 0 radical (unpaired) electrons. The number of halogens is 2. The second-order valence-corrected chi connectivity index (χ2v) is 5.62. The maximum Gasteiger partial charge on any atom is 1.00 e. The van der Waals surface area contributed by atoms with E-state index >= 15 is 0 Å². The van der Waals surface area contributed by atoms with E-state index in [9.17, 15) is 10.2 Å². The Morgan fingerprint density at radius 2 is 1.05 bits per heavy atom. The SMILES string of the molecule is COc1ccc(Br)c(-c2c(Br)ccc(OC)c2[O-])c1[O-].[K+].[K+]. The first-order valence-electron chi connectivity index (χ1n) is 5.58. The largest absolute Gasteiger partial charge is 1.00 e. The van der Waals surface area contributed by atoms with Gasteiger partial charge in [0.25, 0.3) is 0 Å². The number of methoxy groups -OCH3 is 2. The number of benzene rings is 2. The molecule has 2 aromatic rings. The summed E-state index contributed by atoms with van der Waals surface area (Å²) in [7, 11) is 2.82. The molecule has 106 valence electrons. The van der Waals surface area contributed by atoms with Gasteiger partial charge in [-0.15, -0.1) is 0 Å². The maximum atomic E-state index is 12.4. The molecule has 0 amide bonds. The number of hydrogen-bond acceptors (Lipinski definition) is 4. The van der Waals surface area contributed by atoms with Crippen molar-refractivity contribution in [2.75, 3.05) is 14.2 Å². The molecule has 0 aliphatic heterocycles. The van der Waals surface area contributed by atoms with Crippen molar-refractivity contribution < 1.29 is 122 Å². The summed E-state index contributed by atoms with van der Waals surface area (Å²) < 4.78 is 11.1. The molecule has 2 rings (SSSR count). The van der Waals surface area contributed by atoms with Crippen molar-refractivity contribution in [2.45, 2.75) is 0 Å². The van der Waals surface area contributed by atoms with Crippen molar-refractivity contribution in [1.82, 2.24) is 0 Å². The van der Waals surface area contributed by atoms with E-state index < -0.39 is 0 Å². The summed E-state index contributed by atoms with van der Waals surface area (Å²) in [5.41, 5.74) is 0.500. The van der Waals surface area contributed by atoms with Crippen LogP contribution in [0.1, 0.15) is 0 Å². The molecule has 0 spiro atoms. The zero-order chi connectivity index (χ0) is 14.9. The third-order valence-electron chi connectivity index (χ3n) is 2.83. The van der Waals surface area contributed by atoms with Gasteiger partial charge in [-0.1, -0.05) is 43.4 Å². The molecule has 0 aliphatic carbocycles. The van der Waals surface area contributed by atoms with Gasteiger partial charge in [0.05, 0.1) is 14.2 Å². The van der Waals surface area contributed by atoms with E-state index in [1.807, 2.05) is 0 Å². The zero-order valence-electron chi connectivity index (χ0n) is 12.7. The molecule has 4 nitrogen and oxygen atoms in total. The Morgan fingerprint density at radius 3 is 1.32 bits per heavy atom. The van der Waals surface area contributed by atoms with Crippen molar-refractivity contribution in [3.63, 3.8) is 0 Å². The quantitative estimate of drug-likeness (QED) is 0.441. The molecule has 0 aromatic heterocycles. The number of rotatable bonds is 3. The summed E-state index contributed by atoms with van der Waals surface area (Å²) in [4.78, 5) is 0. The maximum absolute atomic E-state index is 12.4. The summed E-state index contributed by atoms with van der Waals surface area (Å²) in [5.74, 6) is -0.351. The Kier molecular flexibility index (Phi) is 11.7. The smallest absolute Gasteiger partial charge is 0.870 e. The van der Waals surface area contributed by atoms with Crippen LogP contribution in [-0.2, 0) is 0 Å². The molecular formula is C14H10Br2K2O4. The van der Waals surface area contributed by atoms with Crippen molar-refractivity contribution in [3.8, 4) is 34.1 Å². The molecule has 0 saturated heterocycles. The van der Waals surface area contributed by atoms with Crippen LogP contribution in [0.5, 0.6) is 23.0 Å². The zero-order valence-corrected chi connectivity index (χ0v) is 22.1. The Hall–Kier alpha value is 1.87. The van der Waals surface area contributed by atoms with Crippen LogP contribution in [0.25, 0.3) is 11.1 Å². The molecule has 0 bridgehead atoms. The first kappa shape index (κ1) is 23.9. The third kappa shape index (κ3) is 4.95. The van der Waals surface area contributed by atoms with Crippen LogP contribution >= 0.6 is 31.9 Å². The molecule has 0 saturated carbocycles. The van der Waals surface area contributed by atoms with Gasteiger partial charge in [-0.2, -0.15) is 0 Å². The molecule has 0 aliphatic rings. The van der Waals surface area contributed by atoms with Crippen molar-refractivity contribution in [2.24, 2.45) is 0 Å². The van der Waals surface area contributed by atoms with Gasteiger partial charge in [0.2, 0.25) is 0 Å². The average Bonchev–Trinajstić information content (AvgIpc) is 2.42. The van der Waals surface area contributed by atoms with Gasteiger partial charge < -0.3 is 19.7 Å². The fourth-order valence-corrected chi connectivity index (χ4v) is 2.89. The predicted octanol–water partition coefficient (Wildman–Crippen LogP) is -2.95. The van der Waals surface area contributed by atoms with Crippen LogP contribution in [0, 0.1) is 0 Å². The van der Waals surface area contributed by atoms with E-state index in [1.165, 1.54) is 14.2 Å². The minimum Gasteiger partial charge on any atom is -0.870 e. The van der Waals surface area contributed by atoms with Crippen molar-refractivity contribution in [1.29, 1.82) is 0 Å². The first-order chi connectivity index (χ1) is 9.51. The Balaban J connectivity index is 0.00000220. The second-order valence-electron chi connectivity index (χ2n) is 3.91. The molecule has 0 atom stereocenters. The Morgan fingerprint density at radius 1 is 0.727 bits per heavy atom. The second kappa shape index (κ2) is 10.8. The normalized spacial score (nSPS) is 9.45. The molecule has 8 heteroatoms. The molecule has 22 heavy (non-hydrogen) atoms. The monoisotopic (exact) mass is 478 g/mol. The standard InChI is InChI=1S/C14H12Br2O4.2K/c1-19-9-5-3-7(15)11(13(9)17)12-8(16)4-6-10(20-2)14(12)18;;/h3-6,17-18H,1-2H3;;/q;2*+1/p-2. The summed E-state index contributed by atoms with van der Waals surface area (Å²) in [6, 6.07) is 6.44. The summed E-state index contributed by atoms with van der Waals surface area (Å²) in [6.07, 6.45) is 0. The first-order valence-corrected chi connectivity index (χ1v) is 7.17. The van der Waals surface area contributed by atoms with Gasteiger partial charge in [-0.05, 0) is 35.4 Å². The average molecular weight is 480 g/mol. The Labute approximate surface area is 231 Å². The van der Waals surface area contributed by atoms with Gasteiger partial charge in [0, 0.05) is 8.95 Å². The minimum absolute atomic E-state index is 0. The van der Waals surface area contributed by atoms with E-state index in [0.29, 0.717) is 8.95 Å². The molecule has 0 N–H and O–H groups in total. The van der Waals surface area contributed by atoms with Crippen LogP contribution in [0.4, 0.5) is 0 Å². The van der Waals surface area contributed by atoms with Crippen LogP contribution in [0.2, 0.25) is 0 Å². The van der Waals surface area contributed by atoms with Gasteiger partial charge >= 0.3 is 103 Å². The van der Waals surface area contributed by atoms with Crippen LogP contribution < -0.4 is 122 Å². The van der Waals surface area contributed by atoms with Gasteiger partial charge in [0.15, 0.2) is 0 Å². The van der Waals surface area contributed by atoms with E-state index in [1.54, 1.807) is 24.3 Å². The van der Waals surface area contributed by atoms with Crippen LogP contribution in [0.3, 0.4) is 0 Å². The van der Waals surface area contributed by atoms with Crippen LogP contribution in [-0.4, -0.2) is 14.2 Å². The molecule has 0 unspecified atom stereocenters. The van der Waals surface area contributed by atoms with E-state index in [4.69, 9.17) is 9.47 Å². The molecule has 0 heterocycles. The van der Waals surface area contributed by atoms with Gasteiger partial charge in [0.1, 0.15) is 11.5 Å². The van der Waals surface area contributed by atoms with Gasteiger partial charge in [-0.25, -0.2) is 0 Å². The topological polar surface area (TPSA) is 64.6 Å². The number of hydrogen-bond donors (Lipinski definition) is 0. The molecule has 0 fully saturated rings. The third-order valence-corrected chi connectivity index (χ3v) is 4.15. The molecular weight excluding hydrogens is 470 g/mol. The van der Waals surface area contributed by atoms with E-state index in [0.717, 1.165) is 0 Å². The summed E-state index contributed by atoms with van der Waals surface area (Å²) in [5, 5.41) is 24.7. The fraction of sp³-hybridized carbons (Fsp3) is 0.143. The van der Waals surface area contributed by atoms with Gasteiger partial charge in [-0.3, -0.25) is 0 Å². The minimum atomic E-state index is -0.354. The van der Waals surface area contributed by atoms with Crippen LogP contribution in [0.15, 0.2) is 33.2 Å². The Bertz CT molecular complexity index is 608. The summed E-state index contributed by atoms with van der Waals surface area (Å²) >= 11 is 6.61. The number of ether oxygens (including phenoxy) is 2. The predicted molar refractivity (Wildman–Crippen MR) is 79.3 cm³/mol. The van der Waals surface area contributed by atoms with E-state index in [-0.39, 0.29) is 137 Å². The van der Waals surface area contributed by atoms with Crippen molar-refractivity contribution >= 4 is 31.9 Å². The summed E-state index contributed by atoms with van der Waals surface area (Å²) in [6.45, 7) is 0. The fourth-order valence-electron chi connectivity index (χ4n) is 1.87.